The molecule has 1 fully saturated rings. The van der Waals surface area contributed by atoms with E-state index in [0.29, 0.717) is 12.0 Å². The summed E-state index contributed by atoms with van der Waals surface area (Å²) in [7, 11) is 0. The van der Waals surface area contributed by atoms with Crippen molar-refractivity contribution in [2.24, 2.45) is 10.9 Å². The van der Waals surface area contributed by atoms with Crippen LogP contribution in [0.15, 0.2) is 4.99 Å². The smallest absolute Gasteiger partial charge is 0.191 e. The number of nitrogens with one attached hydrogen (secondary N) is 2. The van der Waals surface area contributed by atoms with Gasteiger partial charge in [-0.25, -0.2) is 0 Å². The van der Waals surface area contributed by atoms with E-state index in [1.54, 1.807) is 0 Å². The van der Waals surface area contributed by atoms with Crippen molar-refractivity contribution in [3.8, 4) is 0 Å². The summed E-state index contributed by atoms with van der Waals surface area (Å²) in [6.45, 7) is 8.54. The van der Waals surface area contributed by atoms with Gasteiger partial charge in [0.15, 0.2) is 5.96 Å². The van der Waals surface area contributed by atoms with E-state index < -0.39 is 0 Å². The third kappa shape index (κ3) is 8.85. The van der Waals surface area contributed by atoms with Gasteiger partial charge in [0.2, 0.25) is 0 Å². The molecule has 3 atom stereocenters. The molecule has 5 heteroatoms. The van der Waals surface area contributed by atoms with Gasteiger partial charge in [0.05, 0.1) is 0 Å². The first-order valence-corrected chi connectivity index (χ1v) is 10.6. The van der Waals surface area contributed by atoms with Crippen LogP contribution in [-0.2, 0) is 0 Å². The Kier molecular flexibility index (Phi) is 11.6. The van der Waals surface area contributed by atoms with Crippen molar-refractivity contribution in [2.45, 2.75) is 77.0 Å². The zero-order valence-corrected chi connectivity index (χ0v) is 16.1. The third-order valence-electron chi connectivity index (χ3n) is 4.46. The Bertz CT molecular complexity index is 317. The summed E-state index contributed by atoms with van der Waals surface area (Å²) in [4.78, 5) is 4.79. The van der Waals surface area contributed by atoms with Gasteiger partial charge in [-0.3, -0.25) is 4.99 Å². The van der Waals surface area contributed by atoms with E-state index in [4.69, 9.17) is 4.99 Å². The second-order valence-electron chi connectivity index (χ2n) is 6.47. The van der Waals surface area contributed by atoms with Crippen molar-refractivity contribution in [1.82, 2.24) is 10.6 Å². The van der Waals surface area contributed by atoms with Crippen LogP contribution in [0.5, 0.6) is 0 Å². The summed E-state index contributed by atoms with van der Waals surface area (Å²) >= 11 is 2.10. The molecule has 1 saturated carbocycles. The van der Waals surface area contributed by atoms with Crippen LogP contribution >= 0.6 is 11.8 Å². The van der Waals surface area contributed by atoms with Crippen LogP contribution in [0.25, 0.3) is 0 Å². The van der Waals surface area contributed by atoms with Gasteiger partial charge in [0.1, 0.15) is 0 Å². The lowest BCUT2D eigenvalue weighted by Gasteiger charge is -2.30. The molecule has 4 nitrogen and oxygen atoms in total. The molecular weight excluding hydrogens is 306 g/mol. The number of rotatable bonds is 10. The molecule has 0 aromatic rings. The van der Waals surface area contributed by atoms with Gasteiger partial charge < -0.3 is 15.7 Å². The predicted molar refractivity (Wildman–Crippen MR) is 103 cm³/mol. The second kappa shape index (κ2) is 12.9. The maximum Gasteiger partial charge on any atom is 0.191 e. The first-order chi connectivity index (χ1) is 11.2. The summed E-state index contributed by atoms with van der Waals surface area (Å²) in [6.07, 6.45) is 8.33. The normalized spacial score (nSPS) is 23.6. The van der Waals surface area contributed by atoms with Crippen molar-refractivity contribution in [3.05, 3.63) is 0 Å². The van der Waals surface area contributed by atoms with E-state index in [9.17, 15) is 5.11 Å². The van der Waals surface area contributed by atoms with Crippen molar-refractivity contribution < 1.29 is 5.11 Å². The number of hydrogen-bond donors (Lipinski definition) is 3. The van der Waals surface area contributed by atoms with Crippen LogP contribution < -0.4 is 10.6 Å². The Morgan fingerprint density at radius 2 is 2.09 bits per heavy atom. The van der Waals surface area contributed by atoms with Crippen LogP contribution in [-0.4, -0.2) is 47.8 Å². The minimum absolute atomic E-state index is 0.267. The highest BCUT2D eigenvalue weighted by Crippen LogP contribution is 2.28. The second-order valence-corrected chi connectivity index (χ2v) is 8.05. The summed E-state index contributed by atoms with van der Waals surface area (Å²) in [6, 6.07) is 0.549. The predicted octanol–water partition coefficient (Wildman–Crippen LogP) is 3.40. The average molecular weight is 344 g/mol. The molecule has 3 N–H and O–H groups in total. The Balaban J connectivity index is 2.53. The molecule has 0 heterocycles. The number of aliphatic imine (C=N–C) groups is 1. The topological polar surface area (TPSA) is 56.7 Å². The molecule has 136 valence electrons. The molecule has 0 saturated heterocycles. The maximum absolute atomic E-state index is 9.19. The zero-order valence-electron chi connectivity index (χ0n) is 15.3. The molecule has 1 aliphatic rings. The lowest BCUT2D eigenvalue weighted by molar-refractivity contribution is 0.253. The summed E-state index contributed by atoms with van der Waals surface area (Å²) < 4.78 is 0. The molecule has 0 aromatic carbocycles. The number of nitrogens with zero attached hydrogens (tertiary/aromatic N) is 1. The van der Waals surface area contributed by atoms with Crippen LogP contribution in [0.3, 0.4) is 0 Å². The van der Waals surface area contributed by atoms with Gasteiger partial charge in [-0.1, -0.05) is 26.7 Å². The minimum Gasteiger partial charge on any atom is -0.396 e. The van der Waals surface area contributed by atoms with Crippen molar-refractivity contribution in [2.75, 3.05) is 25.4 Å². The molecule has 0 bridgehead atoms. The minimum atomic E-state index is 0.267. The first kappa shape index (κ1) is 20.6. The molecule has 1 aliphatic carbocycles. The Morgan fingerprint density at radius 1 is 1.26 bits per heavy atom. The van der Waals surface area contributed by atoms with E-state index in [2.05, 4.69) is 43.2 Å². The molecule has 3 unspecified atom stereocenters. The highest BCUT2D eigenvalue weighted by Gasteiger charge is 2.22. The van der Waals surface area contributed by atoms with Crippen LogP contribution in [0.4, 0.5) is 0 Å². The van der Waals surface area contributed by atoms with Gasteiger partial charge in [-0.05, 0) is 50.7 Å². The lowest BCUT2D eigenvalue weighted by atomic mass is 9.95. The Morgan fingerprint density at radius 3 is 2.74 bits per heavy atom. The maximum atomic E-state index is 9.19. The monoisotopic (exact) mass is 343 g/mol. The molecule has 0 spiro atoms. The van der Waals surface area contributed by atoms with E-state index in [1.165, 1.54) is 31.4 Å². The molecule has 0 amide bonds. The zero-order chi connectivity index (χ0) is 16.9. The van der Waals surface area contributed by atoms with Gasteiger partial charge >= 0.3 is 0 Å². The van der Waals surface area contributed by atoms with Crippen molar-refractivity contribution >= 4 is 17.7 Å². The number of thioether (sulfide) groups is 1. The fourth-order valence-corrected chi connectivity index (χ4v) is 4.49. The fourth-order valence-electron chi connectivity index (χ4n) is 3.31. The summed E-state index contributed by atoms with van der Waals surface area (Å²) in [5, 5.41) is 17.0. The van der Waals surface area contributed by atoms with E-state index >= 15 is 0 Å². The molecule has 0 aromatic heterocycles. The van der Waals surface area contributed by atoms with Crippen LogP contribution in [0.1, 0.15) is 65.7 Å². The quantitative estimate of drug-likeness (QED) is 0.420. The van der Waals surface area contributed by atoms with Crippen molar-refractivity contribution in [1.29, 1.82) is 0 Å². The van der Waals surface area contributed by atoms with Gasteiger partial charge in [0, 0.05) is 31.0 Å². The Hall–Kier alpha value is -0.420. The first-order valence-electron chi connectivity index (χ1n) is 9.50. The number of hydrogen-bond acceptors (Lipinski definition) is 3. The molecular formula is C18H37N3OS. The van der Waals surface area contributed by atoms with E-state index in [1.807, 2.05) is 0 Å². The van der Waals surface area contributed by atoms with Crippen LogP contribution in [0, 0.1) is 5.92 Å². The summed E-state index contributed by atoms with van der Waals surface area (Å²) in [5.74, 6) is 2.67. The number of aliphatic hydroxyl groups excluding tert-OH is 1. The standard InChI is InChI=1S/C18H37N3OS/c1-4-8-15(11-12-22)14-20-18(19-5-2)21-16-9-7-10-17(13-16)23-6-3/h15-17,22H,4-14H2,1-3H3,(H2,19,20,21). The van der Waals surface area contributed by atoms with Gasteiger partial charge in [-0.2, -0.15) is 11.8 Å². The van der Waals surface area contributed by atoms with Gasteiger partial charge in [0.25, 0.3) is 0 Å². The SMILES string of the molecule is CCCC(CCO)CN=C(NCC)NC1CCCC(SCC)C1. The molecule has 1 rings (SSSR count). The molecule has 0 radical (unpaired) electrons. The number of guanidine groups is 1. The fraction of sp³-hybridized carbons (Fsp3) is 0.944. The summed E-state index contributed by atoms with van der Waals surface area (Å²) in [5.41, 5.74) is 0. The third-order valence-corrected chi connectivity index (χ3v) is 5.69. The lowest BCUT2D eigenvalue weighted by Crippen LogP contribution is -2.46. The van der Waals surface area contributed by atoms with E-state index in [0.717, 1.165) is 43.6 Å². The van der Waals surface area contributed by atoms with Gasteiger partial charge in [-0.15, -0.1) is 0 Å². The highest BCUT2D eigenvalue weighted by molar-refractivity contribution is 7.99. The largest absolute Gasteiger partial charge is 0.396 e. The van der Waals surface area contributed by atoms with Crippen LogP contribution in [0.2, 0.25) is 0 Å². The Labute approximate surface area is 147 Å². The molecule has 23 heavy (non-hydrogen) atoms. The van der Waals surface area contributed by atoms with Crippen molar-refractivity contribution in [3.63, 3.8) is 0 Å². The molecule has 0 aliphatic heterocycles. The van der Waals surface area contributed by atoms with E-state index in [-0.39, 0.29) is 6.61 Å². The average Bonchev–Trinajstić information content (AvgIpc) is 2.54. The number of aliphatic hydroxyl groups is 1. The highest BCUT2D eigenvalue weighted by atomic mass is 32.2.